The van der Waals surface area contributed by atoms with Gasteiger partial charge in [-0.05, 0) is 130 Å². The van der Waals surface area contributed by atoms with E-state index < -0.39 is 23.3 Å². The molecule has 0 radical (unpaired) electrons. The third-order valence-electron chi connectivity index (χ3n) is 12.0. The van der Waals surface area contributed by atoms with E-state index >= 15 is 17.6 Å². The molecule has 10 rings (SSSR count). The summed E-state index contributed by atoms with van der Waals surface area (Å²) in [5, 5.41) is 24.1. The van der Waals surface area contributed by atoms with Crippen molar-refractivity contribution in [3.63, 3.8) is 0 Å². The van der Waals surface area contributed by atoms with Gasteiger partial charge in [0.25, 0.3) is 0 Å². The zero-order valence-corrected chi connectivity index (χ0v) is 34.5. The van der Waals surface area contributed by atoms with Crippen LogP contribution in [-0.4, -0.2) is 0 Å². The van der Waals surface area contributed by atoms with Crippen molar-refractivity contribution in [2.75, 3.05) is 9.80 Å². The number of hydrogen-bond donors (Lipinski definition) is 0. The van der Waals surface area contributed by atoms with E-state index in [1.807, 2.05) is 86.6 Å². The summed E-state index contributed by atoms with van der Waals surface area (Å²) in [6.45, 7) is 3.70. The van der Waals surface area contributed by atoms with Crippen LogP contribution in [0.15, 0.2) is 170 Å². The highest BCUT2D eigenvalue weighted by molar-refractivity contribution is 6.28. The molecule has 0 aliphatic heterocycles. The molecule has 0 saturated heterocycles. The Morgan fingerprint density at radius 2 is 0.750 bits per heavy atom. The Kier molecular flexibility index (Phi) is 9.78. The first kappa shape index (κ1) is 39.7. The monoisotopic (exact) mass is 838 g/mol. The number of nitrogens with zero attached hydrogens (tertiary/aromatic N) is 4. The maximum absolute atomic E-state index is 16.8. The molecule has 0 aliphatic carbocycles. The van der Waals surface area contributed by atoms with Crippen molar-refractivity contribution in [3.8, 4) is 34.4 Å². The van der Waals surface area contributed by atoms with Gasteiger partial charge in [0, 0.05) is 45.4 Å². The van der Waals surface area contributed by atoms with E-state index in [1.54, 1.807) is 82.6 Å². The minimum Gasteiger partial charge on any atom is -0.307 e. The summed E-state index contributed by atoms with van der Waals surface area (Å²) in [6.07, 6.45) is 0. The van der Waals surface area contributed by atoms with E-state index in [-0.39, 0.29) is 22.5 Å². The molecular weight excluding hydrogens is 805 g/mol. The zero-order chi connectivity index (χ0) is 44.2. The zero-order valence-electron chi connectivity index (χ0n) is 34.5. The topological polar surface area (TPSA) is 54.1 Å². The first-order valence-electron chi connectivity index (χ1n) is 20.5. The average molecular weight is 839 g/mol. The van der Waals surface area contributed by atoms with E-state index in [4.69, 9.17) is 0 Å². The van der Waals surface area contributed by atoms with Gasteiger partial charge < -0.3 is 9.80 Å². The van der Waals surface area contributed by atoms with Crippen LogP contribution in [0, 0.1) is 59.8 Å². The van der Waals surface area contributed by atoms with Gasteiger partial charge in [0.2, 0.25) is 0 Å². The Labute approximate surface area is 366 Å². The second kappa shape index (κ2) is 15.8. The van der Waals surface area contributed by atoms with Gasteiger partial charge in [0.1, 0.15) is 23.3 Å². The molecule has 0 unspecified atom stereocenters. The van der Waals surface area contributed by atoms with E-state index in [2.05, 4.69) is 12.1 Å². The van der Waals surface area contributed by atoms with Crippen molar-refractivity contribution in [2.45, 2.75) is 13.8 Å². The van der Waals surface area contributed by atoms with Crippen LogP contribution in [0.5, 0.6) is 0 Å². The summed E-state index contributed by atoms with van der Waals surface area (Å²) in [5.41, 5.74) is 5.84. The molecule has 8 heteroatoms. The van der Waals surface area contributed by atoms with Gasteiger partial charge in [-0.15, -0.1) is 0 Å². The van der Waals surface area contributed by atoms with Crippen molar-refractivity contribution in [3.05, 3.63) is 215 Å². The predicted molar refractivity (Wildman–Crippen MR) is 249 cm³/mol. The quantitative estimate of drug-likeness (QED) is 0.113. The van der Waals surface area contributed by atoms with Gasteiger partial charge in [-0.1, -0.05) is 84.9 Å². The van der Waals surface area contributed by atoms with E-state index in [0.717, 1.165) is 32.7 Å². The molecule has 0 amide bonds. The summed E-state index contributed by atoms with van der Waals surface area (Å²) in [6, 6.07) is 52.3. The minimum absolute atomic E-state index is 0.0334. The molecule has 10 aromatic carbocycles. The van der Waals surface area contributed by atoms with Crippen molar-refractivity contribution in [1.29, 1.82) is 10.5 Å². The fourth-order valence-corrected chi connectivity index (χ4v) is 8.92. The van der Waals surface area contributed by atoms with Crippen LogP contribution in [0.25, 0.3) is 54.6 Å². The minimum atomic E-state index is -0.655. The lowest BCUT2D eigenvalue weighted by molar-refractivity contribution is 0.604. The van der Waals surface area contributed by atoms with Gasteiger partial charge in [0.15, 0.2) is 0 Å². The Balaban J connectivity index is 1.20. The third kappa shape index (κ3) is 6.61. The van der Waals surface area contributed by atoms with Crippen molar-refractivity contribution in [1.82, 2.24) is 0 Å². The summed E-state index contributed by atoms with van der Waals surface area (Å²) >= 11 is 0. The van der Waals surface area contributed by atoms with Gasteiger partial charge in [-0.2, -0.15) is 10.5 Å². The average Bonchev–Trinajstić information content (AvgIpc) is 3.32. The van der Waals surface area contributed by atoms with Crippen LogP contribution in [0.3, 0.4) is 0 Å². The SMILES string of the molecule is Cc1ccccc1-c1cc(F)c(N(c2ccc(C#N)cc2)c2ccc3ccc4c(N(c5ccc(C#N)cc5)c5cc(F)c(-c6ccccc6C)cc5F)ccc5ccc2c3c54)cc1F. The number of nitriles is 2. The van der Waals surface area contributed by atoms with Crippen molar-refractivity contribution >= 4 is 66.4 Å². The van der Waals surface area contributed by atoms with Gasteiger partial charge >= 0.3 is 0 Å². The molecule has 0 bridgehead atoms. The molecule has 0 N–H and O–H groups in total. The van der Waals surface area contributed by atoms with Crippen molar-refractivity contribution < 1.29 is 17.6 Å². The summed E-state index contributed by atoms with van der Waals surface area (Å²) < 4.78 is 66.3. The number of benzene rings is 10. The smallest absolute Gasteiger partial charge is 0.148 e. The molecule has 0 aliphatic rings. The molecule has 0 saturated carbocycles. The number of halogens is 4. The molecule has 0 spiro atoms. The molecular formula is C56H34F4N4. The number of hydrogen-bond acceptors (Lipinski definition) is 4. The van der Waals surface area contributed by atoms with Crippen LogP contribution in [0.1, 0.15) is 22.3 Å². The summed E-state index contributed by atoms with van der Waals surface area (Å²) in [5.74, 6) is -2.52. The maximum atomic E-state index is 16.8. The lowest BCUT2D eigenvalue weighted by Gasteiger charge is -2.30. The highest BCUT2D eigenvalue weighted by Crippen LogP contribution is 2.49. The molecule has 4 nitrogen and oxygen atoms in total. The fraction of sp³-hybridized carbons (Fsp3) is 0.0357. The highest BCUT2D eigenvalue weighted by Gasteiger charge is 2.26. The molecule has 0 aromatic heterocycles. The predicted octanol–water partition coefficient (Wildman–Crippen LogP) is 15.8. The van der Waals surface area contributed by atoms with E-state index in [1.165, 1.54) is 24.3 Å². The molecule has 10 aromatic rings. The maximum Gasteiger partial charge on any atom is 0.148 e. The van der Waals surface area contributed by atoms with Gasteiger partial charge in [0.05, 0.1) is 46.0 Å². The third-order valence-corrected chi connectivity index (χ3v) is 12.0. The number of anilines is 6. The molecule has 0 atom stereocenters. The fourth-order valence-electron chi connectivity index (χ4n) is 8.92. The Morgan fingerprint density at radius 3 is 1.12 bits per heavy atom. The van der Waals surface area contributed by atoms with Crippen LogP contribution >= 0.6 is 0 Å². The first-order valence-corrected chi connectivity index (χ1v) is 20.5. The number of aryl methyl sites for hydroxylation is 2. The molecule has 306 valence electrons. The van der Waals surface area contributed by atoms with Crippen LogP contribution < -0.4 is 9.80 Å². The Bertz CT molecular complexity index is 3310. The molecule has 0 heterocycles. The van der Waals surface area contributed by atoms with Crippen molar-refractivity contribution in [2.24, 2.45) is 0 Å². The van der Waals surface area contributed by atoms with Crippen LogP contribution in [-0.2, 0) is 0 Å². The van der Waals surface area contributed by atoms with Crippen LogP contribution in [0.4, 0.5) is 51.7 Å². The van der Waals surface area contributed by atoms with Gasteiger partial charge in [-0.3, -0.25) is 0 Å². The normalized spacial score (nSPS) is 11.2. The van der Waals surface area contributed by atoms with Crippen LogP contribution in [0.2, 0.25) is 0 Å². The Morgan fingerprint density at radius 1 is 0.375 bits per heavy atom. The van der Waals surface area contributed by atoms with E-state index in [9.17, 15) is 10.5 Å². The Hall–Kier alpha value is -8.46. The summed E-state index contributed by atoms with van der Waals surface area (Å²) in [4.78, 5) is 3.32. The number of rotatable bonds is 8. The standard InChI is InChI=1S/C56H34F4N4/c1-33-7-3-5-9-41(33)45-27-49(59)53(29-47(45)57)63(39-19-11-35(31-61)12-20-39)51-25-17-37-16-24-44-52(26-18-38-15-23-43(51)55(37)56(38)44)64(40-21-13-36(32-62)14-22-40)54-30-48(58)46(28-50(54)60)42-10-6-4-8-34(42)2/h3-30H,1-2H3. The molecule has 64 heavy (non-hydrogen) atoms. The first-order chi connectivity index (χ1) is 31.1. The second-order valence-corrected chi connectivity index (χ2v) is 15.8. The van der Waals surface area contributed by atoms with Gasteiger partial charge in [-0.25, -0.2) is 17.6 Å². The largest absolute Gasteiger partial charge is 0.307 e. The summed E-state index contributed by atoms with van der Waals surface area (Å²) in [7, 11) is 0. The highest BCUT2D eigenvalue weighted by atomic mass is 19.1. The lowest BCUT2D eigenvalue weighted by Crippen LogP contribution is -2.14. The molecule has 0 fully saturated rings. The lowest BCUT2D eigenvalue weighted by atomic mass is 9.91. The second-order valence-electron chi connectivity index (χ2n) is 15.8. The van der Waals surface area contributed by atoms with E-state index in [0.29, 0.717) is 55.8 Å².